The summed E-state index contributed by atoms with van der Waals surface area (Å²) in [5, 5.41) is 7.51. The number of fused-ring (bicyclic) bond motifs is 11. The van der Waals surface area contributed by atoms with Crippen LogP contribution >= 0.6 is 11.8 Å². The van der Waals surface area contributed by atoms with Crippen molar-refractivity contribution in [3.8, 4) is 16.9 Å². The highest BCUT2D eigenvalue weighted by Crippen LogP contribution is 2.38. The van der Waals surface area contributed by atoms with Crippen molar-refractivity contribution in [1.82, 2.24) is 24.3 Å². The normalized spacial score (nSPS) is 14.4. The predicted octanol–water partition coefficient (Wildman–Crippen LogP) is 7.91. The molecule has 8 nitrogen and oxygen atoms in total. The van der Waals surface area contributed by atoms with Crippen LogP contribution in [0.5, 0.6) is 5.75 Å². The number of aryl methyl sites for hydroxylation is 6. The van der Waals surface area contributed by atoms with Crippen molar-refractivity contribution in [1.29, 1.82) is 0 Å². The molecule has 3 aromatic heterocycles. The Hall–Kier alpha value is -4.70. The molecule has 0 fully saturated rings. The number of halogens is 1. The molecule has 0 N–H and O–H groups in total. The van der Waals surface area contributed by atoms with E-state index in [4.69, 9.17) is 14.6 Å². The van der Waals surface area contributed by atoms with Crippen LogP contribution in [0, 0.1) is 5.82 Å². The molecule has 4 heterocycles. The molecule has 0 aliphatic carbocycles. The van der Waals surface area contributed by atoms with Crippen LogP contribution in [0.1, 0.15) is 58.3 Å². The molecule has 1 aliphatic heterocycles. The summed E-state index contributed by atoms with van der Waals surface area (Å²) in [5.41, 5.74) is 8.97. The van der Waals surface area contributed by atoms with Crippen LogP contribution in [0.15, 0.2) is 67.3 Å². The Morgan fingerprint density at radius 1 is 1.02 bits per heavy atom. The molecular formula is C39H40FN5O3S. The van der Waals surface area contributed by atoms with Crippen molar-refractivity contribution < 1.29 is 18.7 Å². The smallest absolute Gasteiger partial charge is 0.354 e. The van der Waals surface area contributed by atoms with Crippen molar-refractivity contribution in [3.05, 3.63) is 107 Å². The number of methoxy groups -OCH3 is 1. The van der Waals surface area contributed by atoms with Gasteiger partial charge in [-0.25, -0.2) is 19.2 Å². The van der Waals surface area contributed by atoms with Gasteiger partial charge in [-0.2, -0.15) is 16.9 Å². The number of rotatable bonds is 3. The van der Waals surface area contributed by atoms with Gasteiger partial charge in [-0.1, -0.05) is 25.1 Å². The Balaban J connectivity index is 1.33. The lowest BCUT2D eigenvalue weighted by atomic mass is 9.95. The van der Waals surface area contributed by atoms with Gasteiger partial charge in [0.25, 0.3) is 0 Å². The van der Waals surface area contributed by atoms with E-state index in [-0.39, 0.29) is 11.8 Å². The van der Waals surface area contributed by atoms with Crippen molar-refractivity contribution in [2.75, 3.05) is 19.5 Å². The first-order valence-electron chi connectivity index (χ1n) is 16.9. The van der Waals surface area contributed by atoms with E-state index in [0.717, 1.165) is 98.3 Å². The summed E-state index contributed by atoms with van der Waals surface area (Å²) >= 11 is 1.85. The van der Waals surface area contributed by atoms with Gasteiger partial charge in [0.15, 0.2) is 0 Å². The maximum absolute atomic E-state index is 14.4. The van der Waals surface area contributed by atoms with Crippen LogP contribution in [-0.4, -0.2) is 49.8 Å². The lowest BCUT2D eigenvalue weighted by molar-refractivity contribution is 0.0587. The SMILES string of the molecule is CCc1ccc2c3c(C(=O)OC)n(c2c1-c1cncnc1)CCCSCc1cc(n(C)n1)CCc1cc(c2ccc(F)cc2c1)OCCC3. The standard InChI is InChI=1S/C39H40FN5O3S/c1-4-26-9-12-34-33-7-5-15-48-35-18-25(17-27-19-29(40)10-13-32(27)35)8-11-31-20-30(43-44(31)2)23-49-16-6-14-45(38(33)39(46)47-3)37(34)36(26)28-21-41-24-42-22-28/h9-10,12-13,17-22,24H,4-8,11,14-16,23H2,1-3H3. The van der Waals surface area contributed by atoms with E-state index in [9.17, 15) is 9.18 Å². The Kier molecular flexibility index (Phi) is 9.66. The molecule has 7 rings (SSSR count). The van der Waals surface area contributed by atoms with Gasteiger partial charge in [0.05, 0.1) is 24.9 Å². The fourth-order valence-electron chi connectivity index (χ4n) is 7.12. The minimum Gasteiger partial charge on any atom is -0.493 e. The van der Waals surface area contributed by atoms with E-state index < -0.39 is 0 Å². The molecule has 0 saturated heterocycles. The van der Waals surface area contributed by atoms with E-state index in [1.54, 1.807) is 12.1 Å². The third-order valence-corrected chi connectivity index (χ3v) is 10.5. The Bertz CT molecular complexity index is 2140. The van der Waals surface area contributed by atoms with Gasteiger partial charge in [-0.3, -0.25) is 4.68 Å². The zero-order chi connectivity index (χ0) is 33.9. The molecule has 0 amide bonds. The number of nitrogens with zero attached hydrogens (tertiary/aromatic N) is 5. The van der Waals surface area contributed by atoms with Gasteiger partial charge < -0.3 is 14.0 Å². The average molecular weight is 678 g/mol. The number of carbonyl (C=O) groups is 1. The van der Waals surface area contributed by atoms with Gasteiger partial charge in [0, 0.05) is 59.3 Å². The zero-order valence-electron chi connectivity index (χ0n) is 28.2. The fourth-order valence-corrected chi connectivity index (χ4v) is 7.95. The van der Waals surface area contributed by atoms with E-state index in [1.165, 1.54) is 25.1 Å². The van der Waals surface area contributed by atoms with Gasteiger partial charge in [-0.15, -0.1) is 0 Å². The number of hydrogen-bond donors (Lipinski definition) is 0. The third kappa shape index (κ3) is 6.66. The summed E-state index contributed by atoms with van der Waals surface area (Å²) in [5.74, 6) is 1.82. The van der Waals surface area contributed by atoms with Gasteiger partial charge in [0.1, 0.15) is 23.6 Å². The molecule has 0 spiro atoms. The molecule has 49 heavy (non-hydrogen) atoms. The third-order valence-electron chi connectivity index (χ3n) is 9.41. The lowest BCUT2D eigenvalue weighted by Gasteiger charge is -2.15. The molecule has 10 heteroatoms. The number of ether oxygens (including phenoxy) is 2. The second-order valence-corrected chi connectivity index (χ2v) is 13.6. The first-order valence-corrected chi connectivity index (χ1v) is 18.1. The predicted molar refractivity (Wildman–Crippen MR) is 193 cm³/mol. The maximum Gasteiger partial charge on any atom is 0.354 e. The van der Waals surface area contributed by atoms with E-state index in [2.05, 4.69) is 51.8 Å². The second kappa shape index (κ2) is 14.4. The minimum absolute atomic E-state index is 0.273. The van der Waals surface area contributed by atoms with Crippen molar-refractivity contribution in [3.63, 3.8) is 0 Å². The Labute approximate surface area is 289 Å². The van der Waals surface area contributed by atoms with E-state index in [0.29, 0.717) is 31.7 Å². The summed E-state index contributed by atoms with van der Waals surface area (Å²) in [6, 6.07) is 15.5. The number of esters is 1. The summed E-state index contributed by atoms with van der Waals surface area (Å²) in [7, 11) is 3.44. The quantitative estimate of drug-likeness (QED) is 0.176. The fraction of sp³-hybridized carbons (Fsp3) is 0.333. The largest absolute Gasteiger partial charge is 0.493 e. The summed E-state index contributed by atoms with van der Waals surface area (Å²) < 4.78 is 30.4. The van der Waals surface area contributed by atoms with Crippen LogP contribution in [0.25, 0.3) is 32.8 Å². The van der Waals surface area contributed by atoms with Crippen LogP contribution in [0.4, 0.5) is 4.39 Å². The molecule has 252 valence electrons. The van der Waals surface area contributed by atoms with Gasteiger partial charge in [0.2, 0.25) is 0 Å². The van der Waals surface area contributed by atoms with Crippen LogP contribution < -0.4 is 4.74 Å². The molecule has 1 aliphatic rings. The Morgan fingerprint density at radius 3 is 2.67 bits per heavy atom. The number of thioether (sulfide) groups is 1. The Morgan fingerprint density at radius 2 is 1.86 bits per heavy atom. The van der Waals surface area contributed by atoms with Crippen molar-refractivity contribution >= 4 is 39.4 Å². The minimum atomic E-state index is -0.350. The highest BCUT2D eigenvalue weighted by Gasteiger charge is 2.26. The molecule has 6 bridgehead atoms. The van der Waals surface area contributed by atoms with Gasteiger partial charge in [-0.05, 0) is 96.7 Å². The first kappa shape index (κ1) is 32.8. The van der Waals surface area contributed by atoms with Crippen molar-refractivity contribution in [2.45, 2.75) is 57.7 Å². The van der Waals surface area contributed by atoms with Crippen LogP contribution in [0.2, 0.25) is 0 Å². The van der Waals surface area contributed by atoms with E-state index in [1.807, 2.05) is 35.9 Å². The highest BCUT2D eigenvalue weighted by molar-refractivity contribution is 7.98. The highest BCUT2D eigenvalue weighted by atomic mass is 32.2. The summed E-state index contributed by atoms with van der Waals surface area (Å²) in [6.45, 7) is 3.23. The molecule has 0 atom stereocenters. The van der Waals surface area contributed by atoms with E-state index >= 15 is 0 Å². The monoisotopic (exact) mass is 677 g/mol. The number of aromatic nitrogens is 5. The average Bonchev–Trinajstić information content (AvgIpc) is 3.63. The van der Waals surface area contributed by atoms with Crippen LogP contribution in [0.3, 0.4) is 0 Å². The van der Waals surface area contributed by atoms with Gasteiger partial charge >= 0.3 is 5.97 Å². The molecule has 0 unspecified atom stereocenters. The number of hydrogen-bond acceptors (Lipinski definition) is 7. The first-order chi connectivity index (χ1) is 23.9. The summed E-state index contributed by atoms with van der Waals surface area (Å²) in [6.07, 6.45) is 9.80. The second-order valence-electron chi connectivity index (χ2n) is 12.5. The molecule has 0 saturated carbocycles. The maximum atomic E-state index is 14.4. The zero-order valence-corrected chi connectivity index (χ0v) is 29.0. The topological polar surface area (TPSA) is 84.1 Å². The molecular weight excluding hydrogens is 638 g/mol. The molecule has 3 aromatic carbocycles. The number of benzene rings is 3. The molecule has 0 radical (unpaired) electrons. The molecule has 6 aromatic rings. The van der Waals surface area contributed by atoms with Crippen LogP contribution in [-0.2, 0) is 49.8 Å². The number of carbonyl (C=O) groups excluding carboxylic acids is 1. The lowest BCUT2D eigenvalue weighted by Crippen LogP contribution is -2.14. The summed E-state index contributed by atoms with van der Waals surface area (Å²) in [4.78, 5) is 22.3. The van der Waals surface area contributed by atoms with Crippen molar-refractivity contribution in [2.24, 2.45) is 7.05 Å².